The number of methoxy groups -OCH3 is 2. The molecule has 2 aromatic carbocycles. The van der Waals surface area contributed by atoms with Crippen LogP contribution < -0.4 is 9.47 Å². The molecule has 0 radical (unpaired) electrons. The molecule has 0 spiro atoms. The third-order valence-electron chi connectivity index (χ3n) is 5.72. The molecule has 0 bridgehead atoms. The van der Waals surface area contributed by atoms with E-state index in [9.17, 15) is 5.11 Å². The van der Waals surface area contributed by atoms with Gasteiger partial charge in [-0.15, -0.1) is 0 Å². The molecule has 8 heteroatoms. The smallest absolute Gasteiger partial charge is 0.227 e. The molecule has 36 heavy (non-hydrogen) atoms. The van der Waals surface area contributed by atoms with Crippen LogP contribution in [0.5, 0.6) is 17.4 Å². The van der Waals surface area contributed by atoms with Crippen molar-refractivity contribution in [2.75, 3.05) is 40.5 Å². The van der Waals surface area contributed by atoms with Gasteiger partial charge in [-0.05, 0) is 44.5 Å². The number of aryl methyl sites for hydroxylation is 1. The topological polar surface area (TPSA) is 78.2 Å². The zero-order valence-electron chi connectivity index (χ0n) is 22.0. The number of hydrogen-bond donors (Lipinski definition) is 1. The Balaban J connectivity index is 2.00. The molecule has 8 nitrogen and oxygen atoms in total. The Morgan fingerprint density at radius 1 is 1.00 bits per heavy atom. The van der Waals surface area contributed by atoms with Crippen LogP contribution in [-0.4, -0.2) is 72.5 Å². The normalized spacial score (nSPS) is 12.3. The second kappa shape index (κ2) is 14.0. The van der Waals surface area contributed by atoms with E-state index in [0.717, 1.165) is 23.4 Å². The van der Waals surface area contributed by atoms with Crippen LogP contribution in [0.3, 0.4) is 0 Å². The van der Waals surface area contributed by atoms with E-state index in [2.05, 4.69) is 11.8 Å². The Bertz CT molecular complexity index is 1050. The van der Waals surface area contributed by atoms with Gasteiger partial charge >= 0.3 is 0 Å². The summed E-state index contributed by atoms with van der Waals surface area (Å²) in [5.41, 5.74) is 2.79. The SMILES string of the molecule is CCc1nn(-c2ccccc2)c(Oc2ccccc2OC)c1CN(CCOC)C[C@H](O)COC(C)C. The Hall–Kier alpha value is -2.91. The van der Waals surface area contributed by atoms with Crippen LogP contribution in [0, 0.1) is 0 Å². The molecule has 0 unspecified atom stereocenters. The highest BCUT2D eigenvalue weighted by Crippen LogP contribution is 2.36. The van der Waals surface area contributed by atoms with Crippen LogP contribution in [0.25, 0.3) is 5.69 Å². The average Bonchev–Trinajstić information content (AvgIpc) is 3.23. The predicted molar refractivity (Wildman–Crippen MR) is 140 cm³/mol. The fourth-order valence-corrected chi connectivity index (χ4v) is 3.91. The first-order chi connectivity index (χ1) is 17.5. The zero-order chi connectivity index (χ0) is 25.9. The van der Waals surface area contributed by atoms with Crippen molar-refractivity contribution < 1.29 is 24.1 Å². The Labute approximate surface area is 214 Å². The summed E-state index contributed by atoms with van der Waals surface area (Å²) in [6.07, 6.45) is 0.162. The minimum absolute atomic E-state index is 0.0590. The molecule has 1 heterocycles. The lowest BCUT2D eigenvalue weighted by Crippen LogP contribution is -2.37. The van der Waals surface area contributed by atoms with Crippen molar-refractivity contribution in [1.29, 1.82) is 0 Å². The number of aliphatic hydroxyl groups is 1. The van der Waals surface area contributed by atoms with Gasteiger partial charge in [0.1, 0.15) is 0 Å². The molecule has 1 atom stereocenters. The van der Waals surface area contributed by atoms with Crippen LogP contribution in [0.1, 0.15) is 32.0 Å². The number of ether oxygens (including phenoxy) is 4. The van der Waals surface area contributed by atoms with Crippen molar-refractivity contribution in [3.05, 3.63) is 65.9 Å². The molecular formula is C28H39N3O5. The summed E-state index contributed by atoms with van der Waals surface area (Å²) >= 11 is 0. The molecule has 0 fully saturated rings. The molecular weight excluding hydrogens is 458 g/mol. The standard InChI is InChI=1S/C28H39N3O5/c1-6-25-24(19-30(16-17-33-4)18-23(32)20-35-21(2)3)28(31(29-25)22-12-8-7-9-13-22)36-27-15-11-10-14-26(27)34-5/h7-15,21,23,32H,6,16-20H2,1-5H3/t23-/m0/s1. The summed E-state index contributed by atoms with van der Waals surface area (Å²) in [6.45, 7) is 8.42. The highest BCUT2D eigenvalue weighted by Gasteiger charge is 2.24. The number of hydrogen-bond acceptors (Lipinski definition) is 7. The lowest BCUT2D eigenvalue weighted by Gasteiger charge is -2.25. The zero-order valence-corrected chi connectivity index (χ0v) is 22.0. The van der Waals surface area contributed by atoms with E-state index < -0.39 is 6.10 Å². The van der Waals surface area contributed by atoms with E-state index in [1.165, 1.54) is 0 Å². The molecule has 0 aliphatic heterocycles. The number of nitrogens with zero attached hydrogens (tertiary/aromatic N) is 3. The number of benzene rings is 2. The first-order valence-corrected chi connectivity index (χ1v) is 12.4. The molecule has 0 aliphatic rings. The van der Waals surface area contributed by atoms with E-state index in [1.54, 1.807) is 14.2 Å². The van der Waals surface area contributed by atoms with E-state index in [4.69, 9.17) is 24.0 Å². The molecule has 0 amide bonds. The van der Waals surface area contributed by atoms with E-state index >= 15 is 0 Å². The molecule has 0 saturated heterocycles. The van der Waals surface area contributed by atoms with Crippen molar-refractivity contribution in [3.63, 3.8) is 0 Å². The maximum absolute atomic E-state index is 10.7. The Kier molecular flexibility index (Phi) is 10.8. The maximum atomic E-state index is 10.7. The third-order valence-corrected chi connectivity index (χ3v) is 5.72. The minimum Gasteiger partial charge on any atom is -0.493 e. The lowest BCUT2D eigenvalue weighted by atomic mass is 10.1. The van der Waals surface area contributed by atoms with Gasteiger partial charge in [-0.1, -0.05) is 37.3 Å². The lowest BCUT2D eigenvalue weighted by molar-refractivity contribution is -0.0122. The van der Waals surface area contributed by atoms with Crippen LogP contribution >= 0.6 is 0 Å². The van der Waals surface area contributed by atoms with Crippen molar-refractivity contribution in [1.82, 2.24) is 14.7 Å². The van der Waals surface area contributed by atoms with Gasteiger partial charge in [-0.3, -0.25) is 4.90 Å². The predicted octanol–water partition coefficient (Wildman–Crippen LogP) is 4.47. The first-order valence-electron chi connectivity index (χ1n) is 12.4. The van der Waals surface area contributed by atoms with Gasteiger partial charge < -0.3 is 24.1 Å². The van der Waals surface area contributed by atoms with Gasteiger partial charge in [0.2, 0.25) is 5.88 Å². The molecule has 1 aromatic heterocycles. The molecule has 0 saturated carbocycles. The summed E-state index contributed by atoms with van der Waals surface area (Å²) < 4.78 is 24.9. The number of aliphatic hydroxyl groups excluding tert-OH is 1. The van der Waals surface area contributed by atoms with Crippen molar-refractivity contribution >= 4 is 0 Å². The summed E-state index contributed by atoms with van der Waals surface area (Å²) in [7, 11) is 3.31. The summed E-state index contributed by atoms with van der Waals surface area (Å²) in [5, 5.41) is 15.6. The molecule has 1 N–H and O–H groups in total. The number of aromatic nitrogens is 2. The van der Waals surface area contributed by atoms with Crippen LogP contribution in [-0.2, 0) is 22.4 Å². The maximum Gasteiger partial charge on any atom is 0.227 e. The van der Waals surface area contributed by atoms with Crippen molar-refractivity contribution in [2.45, 2.75) is 45.9 Å². The third kappa shape index (κ3) is 7.54. The van der Waals surface area contributed by atoms with E-state index in [1.807, 2.05) is 73.1 Å². The number of rotatable bonds is 15. The van der Waals surface area contributed by atoms with Crippen LogP contribution in [0.4, 0.5) is 0 Å². The van der Waals surface area contributed by atoms with Gasteiger partial charge in [-0.2, -0.15) is 5.10 Å². The molecule has 196 valence electrons. The van der Waals surface area contributed by atoms with Crippen molar-refractivity contribution in [2.24, 2.45) is 0 Å². The molecule has 3 rings (SSSR count). The number of para-hydroxylation sites is 3. The summed E-state index contributed by atoms with van der Waals surface area (Å²) in [4.78, 5) is 2.15. The fraction of sp³-hybridized carbons (Fsp3) is 0.464. The van der Waals surface area contributed by atoms with Gasteiger partial charge in [0.05, 0.1) is 49.5 Å². The second-order valence-corrected chi connectivity index (χ2v) is 8.85. The highest BCUT2D eigenvalue weighted by molar-refractivity contribution is 5.47. The summed E-state index contributed by atoms with van der Waals surface area (Å²) in [5.74, 6) is 1.87. The Morgan fingerprint density at radius 3 is 2.33 bits per heavy atom. The average molecular weight is 498 g/mol. The van der Waals surface area contributed by atoms with Gasteiger partial charge in [0.15, 0.2) is 11.5 Å². The van der Waals surface area contributed by atoms with Gasteiger partial charge in [0, 0.05) is 26.7 Å². The molecule has 0 aliphatic carbocycles. The van der Waals surface area contributed by atoms with E-state index in [0.29, 0.717) is 43.6 Å². The minimum atomic E-state index is -0.628. The van der Waals surface area contributed by atoms with Crippen LogP contribution in [0.2, 0.25) is 0 Å². The fourth-order valence-electron chi connectivity index (χ4n) is 3.91. The first kappa shape index (κ1) is 27.7. The monoisotopic (exact) mass is 497 g/mol. The summed E-state index contributed by atoms with van der Waals surface area (Å²) in [6, 6.07) is 17.5. The highest BCUT2D eigenvalue weighted by atomic mass is 16.5. The largest absolute Gasteiger partial charge is 0.493 e. The second-order valence-electron chi connectivity index (χ2n) is 8.85. The Morgan fingerprint density at radius 2 is 1.69 bits per heavy atom. The van der Waals surface area contributed by atoms with Gasteiger partial charge in [-0.25, -0.2) is 4.68 Å². The van der Waals surface area contributed by atoms with Gasteiger partial charge in [0.25, 0.3) is 0 Å². The van der Waals surface area contributed by atoms with Crippen LogP contribution in [0.15, 0.2) is 54.6 Å². The van der Waals surface area contributed by atoms with Crippen molar-refractivity contribution in [3.8, 4) is 23.1 Å². The van der Waals surface area contributed by atoms with E-state index in [-0.39, 0.29) is 12.7 Å². The quantitative estimate of drug-likeness (QED) is 0.332. The molecule has 3 aromatic rings.